The van der Waals surface area contributed by atoms with Crippen LogP contribution in [0.2, 0.25) is 5.02 Å². The molecule has 0 aliphatic carbocycles. The number of benzene rings is 1. The standard InChI is InChI=1S/C13H20ClNO2S/c1-8-7-12(14)9(2)6-11(8)13(15-4)10(3)18(5,16)17/h6-7,10,13,15H,1-5H3. The van der Waals surface area contributed by atoms with Crippen molar-refractivity contribution < 1.29 is 8.42 Å². The Balaban J connectivity index is 3.30. The van der Waals surface area contributed by atoms with Crippen LogP contribution in [0.1, 0.15) is 29.7 Å². The third-order valence-electron chi connectivity index (χ3n) is 3.34. The van der Waals surface area contributed by atoms with Gasteiger partial charge in [0.2, 0.25) is 0 Å². The largest absolute Gasteiger partial charge is 0.312 e. The van der Waals surface area contributed by atoms with Gasteiger partial charge >= 0.3 is 0 Å². The minimum absolute atomic E-state index is 0.226. The topological polar surface area (TPSA) is 46.2 Å². The van der Waals surface area contributed by atoms with Gasteiger partial charge in [0.1, 0.15) is 0 Å². The Bertz CT molecular complexity index is 540. The molecule has 0 radical (unpaired) electrons. The van der Waals surface area contributed by atoms with Crippen LogP contribution in [0.25, 0.3) is 0 Å². The van der Waals surface area contributed by atoms with E-state index in [2.05, 4.69) is 5.32 Å². The van der Waals surface area contributed by atoms with Crippen molar-refractivity contribution in [3.8, 4) is 0 Å². The predicted octanol–water partition coefficient (Wildman–Crippen LogP) is 2.65. The maximum Gasteiger partial charge on any atom is 0.151 e. The molecular weight excluding hydrogens is 270 g/mol. The molecule has 2 unspecified atom stereocenters. The average molecular weight is 290 g/mol. The summed E-state index contributed by atoms with van der Waals surface area (Å²) in [5.41, 5.74) is 2.94. The lowest BCUT2D eigenvalue weighted by Crippen LogP contribution is -2.33. The molecule has 0 saturated heterocycles. The van der Waals surface area contributed by atoms with Crippen molar-refractivity contribution in [2.75, 3.05) is 13.3 Å². The molecule has 0 aliphatic heterocycles. The van der Waals surface area contributed by atoms with Gasteiger partial charge in [-0.3, -0.25) is 0 Å². The Morgan fingerprint density at radius 2 is 1.78 bits per heavy atom. The molecule has 3 nitrogen and oxygen atoms in total. The summed E-state index contributed by atoms with van der Waals surface area (Å²) in [6, 6.07) is 3.61. The second kappa shape index (κ2) is 5.59. The molecule has 0 aromatic heterocycles. The van der Waals surface area contributed by atoms with Gasteiger partial charge in [0.15, 0.2) is 9.84 Å². The van der Waals surface area contributed by atoms with E-state index in [4.69, 9.17) is 11.6 Å². The Labute approximate surface area is 114 Å². The summed E-state index contributed by atoms with van der Waals surface area (Å²) in [5.74, 6) is 0. The number of hydrogen-bond acceptors (Lipinski definition) is 3. The summed E-state index contributed by atoms with van der Waals surface area (Å²) in [5, 5.41) is 3.31. The van der Waals surface area contributed by atoms with E-state index in [1.807, 2.05) is 26.0 Å². The molecule has 0 bridgehead atoms. The molecule has 0 fully saturated rings. The summed E-state index contributed by atoms with van der Waals surface area (Å²) in [7, 11) is -1.32. The highest BCUT2D eigenvalue weighted by Gasteiger charge is 2.27. The highest BCUT2D eigenvalue weighted by molar-refractivity contribution is 7.91. The Morgan fingerprint density at radius 1 is 1.22 bits per heavy atom. The van der Waals surface area contributed by atoms with Crippen LogP contribution < -0.4 is 5.32 Å². The van der Waals surface area contributed by atoms with E-state index in [1.54, 1.807) is 14.0 Å². The number of hydrogen-bond donors (Lipinski definition) is 1. The molecule has 102 valence electrons. The van der Waals surface area contributed by atoms with Crippen LogP contribution in [0.3, 0.4) is 0 Å². The van der Waals surface area contributed by atoms with Gasteiger partial charge in [0.05, 0.1) is 5.25 Å². The Hall–Kier alpha value is -0.580. The van der Waals surface area contributed by atoms with Crippen LogP contribution in [0, 0.1) is 13.8 Å². The van der Waals surface area contributed by atoms with Crippen molar-refractivity contribution in [1.29, 1.82) is 0 Å². The van der Waals surface area contributed by atoms with Crippen molar-refractivity contribution in [3.05, 3.63) is 33.8 Å². The van der Waals surface area contributed by atoms with Gasteiger partial charge in [-0.1, -0.05) is 17.7 Å². The fraction of sp³-hybridized carbons (Fsp3) is 0.538. The number of aryl methyl sites for hydroxylation is 2. The van der Waals surface area contributed by atoms with E-state index in [-0.39, 0.29) is 6.04 Å². The molecule has 5 heteroatoms. The van der Waals surface area contributed by atoms with Gasteiger partial charge in [-0.15, -0.1) is 0 Å². The summed E-state index contributed by atoms with van der Waals surface area (Å²) >= 11 is 6.06. The zero-order valence-electron chi connectivity index (χ0n) is 11.4. The average Bonchev–Trinajstić information content (AvgIpc) is 2.24. The van der Waals surface area contributed by atoms with Gasteiger partial charge in [-0.2, -0.15) is 0 Å². The molecule has 0 spiro atoms. The van der Waals surface area contributed by atoms with E-state index >= 15 is 0 Å². The molecule has 1 aromatic rings. The van der Waals surface area contributed by atoms with E-state index in [0.717, 1.165) is 16.7 Å². The van der Waals surface area contributed by atoms with Crippen molar-refractivity contribution in [1.82, 2.24) is 5.32 Å². The highest BCUT2D eigenvalue weighted by atomic mass is 35.5. The summed E-state index contributed by atoms with van der Waals surface area (Å²) in [4.78, 5) is 0. The minimum Gasteiger partial charge on any atom is -0.312 e. The van der Waals surface area contributed by atoms with Gasteiger partial charge in [-0.25, -0.2) is 8.42 Å². The highest BCUT2D eigenvalue weighted by Crippen LogP contribution is 2.28. The summed E-state index contributed by atoms with van der Waals surface area (Å²) < 4.78 is 23.4. The van der Waals surface area contributed by atoms with E-state index < -0.39 is 15.1 Å². The first-order valence-corrected chi connectivity index (χ1v) is 8.14. The molecule has 1 N–H and O–H groups in total. The number of rotatable bonds is 4. The molecule has 1 aromatic carbocycles. The number of halogens is 1. The first kappa shape index (κ1) is 15.5. The fourth-order valence-corrected chi connectivity index (χ4v) is 3.02. The first-order chi connectivity index (χ1) is 8.18. The van der Waals surface area contributed by atoms with Gasteiger partial charge < -0.3 is 5.32 Å². The molecule has 0 saturated carbocycles. The van der Waals surface area contributed by atoms with E-state index in [9.17, 15) is 8.42 Å². The van der Waals surface area contributed by atoms with E-state index in [1.165, 1.54) is 6.26 Å². The maximum absolute atomic E-state index is 11.7. The van der Waals surface area contributed by atoms with Crippen LogP contribution in [0.15, 0.2) is 12.1 Å². The Kier molecular flexibility index (Phi) is 4.81. The Morgan fingerprint density at radius 3 is 2.22 bits per heavy atom. The second-order valence-electron chi connectivity index (χ2n) is 4.76. The fourth-order valence-electron chi connectivity index (χ4n) is 2.03. The summed E-state index contributed by atoms with van der Waals surface area (Å²) in [6.45, 7) is 5.59. The van der Waals surface area contributed by atoms with Crippen LogP contribution in [-0.4, -0.2) is 27.0 Å². The second-order valence-corrected chi connectivity index (χ2v) is 7.57. The quantitative estimate of drug-likeness (QED) is 0.927. The van der Waals surface area contributed by atoms with Crippen LogP contribution >= 0.6 is 11.6 Å². The normalized spacial score (nSPS) is 15.4. The number of sulfone groups is 1. The van der Waals surface area contributed by atoms with Crippen LogP contribution in [0.5, 0.6) is 0 Å². The van der Waals surface area contributed by atoms with Crippen molar-refractivity contribution >= 4 is 21.4 Å². The molecule has 18 heavy (non-hydrogen) atoms. The van der Waals surface area contributed by atoms with Gasteiger partial charge in [0.25, 0.3) is 0 Å². The smallest absolute Gasteiger partial charge is 0.151 e. The van der Waals surface area contributed by atoms with Crippen LogP contribution in [0.4, 0.5) is 0 Å². The van der Waals surface area contributed by atoms with E-state index in [0.29, 0.717) is 5.02 Å². The van der Waals surface area contributed by atoms with Gasteiger partial charge in [-0.05, 0) is 50.6 Å². The minimum atomic E-state index is -3.10. The zero-order valence-corrected chi connectivity index (χ0v) is 13.0. The lowest BCUT2D eigenvalue weighted by atomic mass is 9.97. The molecule has 0 aliphatic rings. The maximum atomic E-state index is 11.7. The molecule has 0 heterocycles. The molecule has 1 rings (SSSR count). The lowest BCUT2D eigenvalue weighted by molar-refractivity contribution is 0.533. The predicted molar refractivity (Wildman–Crippen MR) is 77.0 cm³/mol. The molecule has 2 atom stereocenters. The first-order valence-electron chi connectivity index (χ1n) is 5.81. The van der Waals surface area contributed by atoms with Crippen molar-refractivity contribution in [3.63, 3.8) is 0 Å². The molecule has 0 amide bonds. The third kappa shape index (κ3) is 3.25. The third-order valence-corrected chi connectivity index (χ3v) is 5.37. The van der Waals surface area contributed by atoms with Crippen LogP contribution in [-0.2, 0) is 9.84 Å². The SMILES string of the molecule is CNC(c1cc(C)c(Cl)cc1C)C(C)S(C)(=O)=O. The lowest BCUT2D eigenvalue weighted by Gasteiger charge is -2.25. The monoisotopic (exact) mass is 289 g/mol. The zero-order chi connectivity index (χ0) is 14.1. The molecular formula is C13H20ClNO2S. The van der Waals surface area contributed by atoms with Gasteiger partial charge in [0, 0.05) is 17.3 Å². The van der Waals surface area contributed by atoms with Crippen molar-refractivity contribution in [2.24, 2.45) is 0 Å². The van der Waals surface area contributed by atoms with Crippen molar-refractivity contribution in [2.45, 2.75) is 32.1 Å². The number of nitrogens with one attached hydrogen (secondary N) is 1. The summed E-state index contributed by atoms with van der Waals surface area (Å²) in [6.07, 6.45) is 1.26.